The van der Waals surface area contributed by atoms with Crippen LogP contribution in [0.4, 0.5) is 5.82 Å². The number of aromatic nitrogens is 2. The van der Waals surface area contributed by atoms with Crippen LogP contribution >= 0.6 is 0 Å². The normalized spacial score (nSPS) is 9.92. The van der Waals surface area contributed by atoms with Crippen molar-refractivity contribution in [1.82, 2.24) is 9.78 Å². The molecule has 0 atom stereocenters. The van der Waals surface area contributed by atoms with E-state index >= 15 is 0 Å². The van der Waals surface area contributed by atoms with Crippen molar-refractivity contribution in [2.75, 3.05) is 5.32 Å². The lowest BCUT2D eigenvalue weighted by Gasteiger charge is -2.05. The molecule has 0 aliphatic heterocycles. The van der Waals surface area contributed by atoms with Gasteiger partial charge in [0, 0.05) is 19.3 Å². The molecule has 1 aromatic rings. The molecule has 0 amide bonds. The molecular formula is C8H12N4. The topological polar surface area (TPSA) is 53.6 Å². The van der Waals surface area contributed by atoms with Gasteiger partial charge in [-0.15, -0.1) is 0 Å². The van der Waals surface area contributed by atoms with Gasteiger partial charge in [0.2, 0.25) is 0 Å². The van der Waals surface area contributed by atoms with E-state index in [4.69, 9.17) is 5.26 Å². The van der Waals surface area contributed by atoms with Crippen molar-refractivity contribution in [2.24, 2.45) is 7.05 Å². The summed E-state index contributed by atoms with van der Waals surface area (Å²) in [6.45, 7) is 4.02. The number of anilines is 1. The molecule has 0 saturated heterocycles. The van der Waals surface area contributed by atoms with E-state index in [2.05, 4.69) is 16.5 Å². The summed E-state index contributed by atoms with van der Waals surface area (Å²) >= 11 is 0. The third kappa shape index (κ3) is 1.76. The minimum atomic E-state index is 0.298. The Kier molecular flexibility index (Phi) is 2.34. The number of nitriles is 1. The molecule has 0 saturated carbocycles. The maximum Gasteiger partial charge on any atom is 0.166 e. The Bertz CT molecular complexity index is 305. The van der Waals surface area contributed by atoms with Gasteiger partial charge in [0.25, 0.3) is 0 Å². The Morgan fingerprint density at radius 1 is 1.67 bits per heavy atom. The summed E-state index contributed by atoms with van der Waals surface area (Å²) in [6, 6.07) is 2.37. The number of nitrogens with one attached hydrogen (secondary N) is 1. The molecule has 0 bridgehead atoms. The second-order valence-corrected chi connectivity index (χ2v) is 2.98. The van der Waals surface area contributed by atoms with Gasteiger partial charge < -0.3 is 5.32 Å². The van der Waals surface area contributed by atoms with E-state index < -0.39 is 0 Å². The molecule has 0 aliphatic carbocycles. The molecule has 1 rings (SSSR count). The second-order valence-electron chi connectivity index (χ2n) is 2.98. The molecule has 0 aromatic carbocycles. The highest BCUT2D eigenvalue weighted by Crippen LogP contribution is 2.11. The average molecular weight is 164 g/mol. The predicted octanol–water partition coefficient (Wildman–Crippen LogP) is 1.11. The van der Waals surface area contributed by atoms with Crippen LogP contribution in [0.1, 0.15) is 19.4 Å². The van der Waals surface area contributed by atoms with Crippen molar-refractivity contribution in [2.45, 2.75) is 19.9 Å². The summed E-state index contributed by atoms with van der Waals surface area (Å²) in [6.07, 6.45) is 1.70. The molecule has 0 spiro atoms. The zero-order chi connectivity index (χ0) is 9.14. The van der Waals surface area contributed by atoms with Gasteiger partial charge in [-0.1, -0.05) is 0 Å². The van der Waals surface area contributed by atoms with Crippen molar-refractivity contribution in [3.63, 3.8) is 0 Å². The molecule has 4 nitrogen and oxygen atoms in total. The molecule has 4 heteroatoms. The summed E-state index contributed by atoms with van der Waals surface area (Å²) in [5.74, 6) is 0.662. The zero-order valence-corrected chi connectivity index (χ0v) is 7.50. The maximum atomic E-state index is 8.70. The molecular weight excluding hydrogens is 152 g/mol. The Hall–Kier alpha value is -1.50. The molecule has 0 fully saturated rings. The first kappa shape index (κ1) is 8.60. The lowest BCUT2D eigenvalue weighted by molar-refractivity contribution is 0.761. The highest BCUT2D eigenvalue weighted by atomic mass is 15.3. The first-order valence-electron chi connectivity index (χ1n) is 3.83. The standard InChI is InChI=1S/C8H12N4/c1-6(2)10-8-7(4-9)5-12(3)11-8/h5-6H,1-3H3,(H,10,11). The van der Waals surface area contributed by atoms with Crippen LogP contribution in [-0.2, 0) is 7.05 Å². The number of nitrogens with zero attached hydrogens (tertiary/aromatic N) is 3. The van der Waals surface area contributed by atoms with Crippen LogP contribution in [0, 0.1) is 11.3 Å². The molecule has 64 valence electrons. The predicted molar refractivity (Wildman–Crippen MR) is 46.7 cm³/mol. The van der Waals surface area contributed by atoms with Crippen LogP contribution in [0.5, 0.6) is 0 Å². The third-order valence-corrected chi connectivity index (χ3v) is 1.37. The summed E-state index contributed by atoms with van der Waals surface area (Å²) in [5.41, 5.74) is 0.589. The quantitative estimate of drug-likeness (QED) is 0.712. The van der Waals surface area contributed by atoms with E-state index in [0.29, 0.717) is 17.4 Å². The van der Waals surface area contributed by atoms with E-state index in [1.54, 1.807) is 17.9 Å². The summed E-state index contributed by atoms with van der Waals surface area (Å²) < 4.78 is 1.63. The van der Waals surface area contributed by atoms with Crippen molar-refractivity contribution >= 4 is 5.82 Å². The monoisotopic (exact) mass is 164 g/mol. The van der Waals surface area contributed by atoms with Crippen LogP contribution in [0.2, 0.25) is 0 Å². The first-order chi connectivity index (χ1) is 5.63. The van der Waals surface area contributed by atoms with Crippen LogP contribution in [0.25, 0.3) is 0 Å². The highest BCUT2D eigenvalue weighted by Gasteiger charge is 2.06. The van der Waals surface area contributed by atoms with Crippen molar-refractivity contribution in [1.29, 1.82) is 5.26 Å². The SMILES string of the molecule is CC(C)Nc1nn(C)cc1C#N. The van der Waals surface area contributed by atoms with Gasteiger partial charge in [0.05, 0.1) is 0 Å². The maximum absolute atomic E-state index is 8.70. The smallest absolute Gasteiger partial charge is 0.166 e. The summed E-state index contributed by atoms with van der Waals surface area (Å²) in [4.78, 5) is 0. The number of aryl methyl sites for hydroxylation is 1. The Morgan fingerprint density at radius 3 is 2.83 bits per heavy atom. The third-order valence-electron chi connectivity index (χ3n) is 1.37. The van der Waals surface area contributed by atoms with Crippen molar-refractivity contribution < 1.29 is 0 Å². The fraction of sp³-hybridized carbons (Fsp3) is 0.500. The van der Waals surface area contributed by atoms with Crippen LogP contribution in [-0.4, -0.2) is 15.8 Å². The molecule has 0 unspecified atom stereocenters. The highest BCUT2D eigenvalue weighted by molar-refractivity contribution is 5.50. The summed E-state index contributed by atoms with van der Waals surface area (Å²) in [5, 5.41) is 15.9. The number of hydrogen-bond acceptors (Lipinski definition) is 3. The van der Waals surface area contributed by atoms with Gasteiger partial charge in [0.15, 0.2) is 5.82 Å². The van der Waals surface area contributed by atoms with Gasteiger partial charge in [-0.2, -0.15) is 10.4 Å². The van der Waals surface area contributed by atoms with Crippen LogP contribution in [0.15, 0.2) is 6.20 Å². The van der Waals surface area contributed by atoms with Crippen LogP contribution < -0.4 is 5.32 Å². The van der Waals surface area contributed by atoms with Crippen molar-refractivity contribution in [3.8, 4) is 6.07 Å². The zero-order valence-electron chi connectivity index (χ0n) is 7.50. The van der Waals surface area contributed by atoms with E-state index in [-0.39, 0.29) is 0 Å². The van der Waals surface area contributed by atoms with Gasteiger partial charge in [0.1, 0.15) is 11.6 Å². The van der Waals surface area contributed by atoms with E-state index in [0.717, 1.165) is 0 Å². The van der Waals surface area contributed by atoms with Gasteiger partial charge in [-0.3, -0.25) is 4.68 Å². The molecule has 12 heavy (non-hydrogen) atoms. The Morgan fingerprint density at radius 2 is 2.33 bits per heavy atom. The Labute approximate surface area is 71.8 Å². The second kappa shape index (κ2) is 3.26. The lowest BCUT2D eigenvalue weighted by atomic mass is 10.3. The average Bonchev–Trinajstić information content (AvgIpc) is 2.29. The minimum absolute atomic E-state index is 0.298. The largest absolute Gasteiger partial charge is 0.365 e. The first-order valence-corrected chi connectivity index (χ1v) is 3.83. The minimum Gasteiger partial charge on any atom is -0.365 e. The van der Waals surface area contributed by atoms with Gasteiger partial charge >= 0.3 is 0 Å². The van der Waals surface area contributed by atoms with Crippen LogP contribution in [0.3, 0.4) is 0 Å². The van der Waals surface area contributed by atoms with E-state index in [1.165, 1.54) is 0 Å². The lowest BCUT2D eigenvalue weighted by Crippen LogP contribution is -2.11. The van der Waals surface area contributed by atoms with Crippen molar-refractivity contribution in [3.05, 3.63) is 11.8 Å². The molecule has 1 heterocycles. The molecule has 0 aliphatic rings. The fourth-order valence-corrected chi connectivity index (χ4v) is 0.950. The van der Waals surface area contributed by atoms with E-state index in [1.807, 2.05) is 13.8 Å². The Balaban J connectivity index is 2.91. The fourth-order valence-electron chi connectivity index (χ4n) is 0.950. The van der Waals surface area contributed by atoms with Gasteiger partial charge in [-0.25, -0.2) is 0 Å². The number of rotatable bonds is 2. The van der Waals surface area contributed by atoms with E-state index in [9.17, 15) is 0 Å². The molecule has 1 aromatic heterocycles. The molecule has 0 radical (unpaired) electrons. The number of hydrogen-bond donors (Lipinski definition) is 1. The molecule has 1 N–H and O–H groups in total. The van der Waals surface area contributed by atoms with Gasteiger partial charge in [-0.05, 0) is 13.8 Å². The summed E-state index contributed by atoms with van der Waals surface area (Å²) in [7, 11) is 1.80.